The van der Waals surface area contributed by atoms with Gasteiger partial charge in [0.05, 0.1) is 6.33 Å². The number of aryl methyl sites for hydroxylation is 1. The Morgan fingerprint density at radius 1 is 1.40 bits per heavy atom. The van der Waals surface area contributed by atoms with Gasteiger partial charge in [-0.05, 0) is 24.3 Å². The van der Waals surface area contributed by atoms with Crippen LogP contribution in [0.4, 0.5) is 0 Å². The Labute approximate surface area is 123 Å². The van der Waals surface area contributed by atoms with Crippen LogP contribution in [-0.4, -0.2) is 35.6 Å². The van der Waals surface area contributed by atoms with Crippen LogP contribution in [0.3, 0.4) is 0 Å². The summed E-state index contributed by atoms with van der Waals surface area (Å²) < 4.78 is 2.08. The molecule has 2 rings (SSSR count). The first-order valence-electron chi connectivity index (χ1n) is 6.81. The maximum absolute atomic E-state index is 4.22. The minimum atomic E-state index is 0.868. The van der Waals surface area contributed by atoms with Gasteiger partial charge in [-0.15, -0.1) is 11.3 Å². The quantitative estimate of drug-likeness (QED) is 0.464. The number of imidazole rings is 1. The summed E-state index contributed by atoms with van der Waals surface area (Å²) in [6.45, 7) is 2.78. The molecule has 0 saturated heterocycles. The highest BCUT2D eigenvalue weighted by molar-refractivity contribution is 7.09. The van der Waals surface area contributed by atoms with Gasteiger partial charge in [-0.25, -0.2) is 4.98 Å². The van der Waals surface area contributed by atoms with Gasteiger partial charge >= 0.3 is 0 Å². The number of rotatable bonds is 7. The number of nitrogens with one attached hydrogen (secondary N) is 2. The fourth-order valence-electron chi connectivity index (χ4n) is 1.87. The first kappa shape index (κ1) is 14.6. The second-order valence-electron chi connectivity index (χ2n) is 4.41. The predicted molar refractivity (Wildman–Crippen MR) is 84.2 cm³/mol. The summed E-state index contributed by atoms with van der Waals surface area (Å²) in [6, 6.07) is 4.25. The monoisotopic (exact) mass is 291 g/mol. The van der Waals surface area contributed by atoms with Crippen molar-refractivity contribution in [3.05, 3.63) is 41.1 Å². The lowest BCUT2D eigenvalue weighted by Crippen LogP contribution is -2.38. The molecule has 2 aromatic rings. The van der Waals surface area contributed by atoms with Crippen molar-refractivity contribution in [1.29, 1.82) is 0 Å². The van der Waals surface area contributed by atoms with Crippen molar-refractivity contribution in [2.24, 2.45) is 4.99 Å². The fourth-order valence-corrected chi connectivity index (χ4v) is 2.58. The summed E-state index contributed by atoms with van der Waals surface area (Å²) in [4.78, 5) is 9.64. The Hall–Kier alpha value is -1.82. The van der Waals surface area contributed by atoms with Crippen LogP contribution in [0.25, 0.3) is 0 Å². The first-order valence-corrected chi connectivity index (χ1v) is 7.69. The van der Waals surface area contributed by atoms with E-state index in [0.29, 0.717) is 0 Å². The molecule has 6 heteroatoms. The van der Waals surface area contributed by atoms with E-state index in [9.17, 15) is 0 Å². The summed E-state index contributed by atoms with van der Waals surface area (Å²) in [6.07, 6.45) is 7.70. The van der Waals surface area contributed by atoms with Crippen molar-refractivity contribution < 1.29 is 0 Å². The zero-order chi connectivity index (χ0) is 14.0. The average molecular weight is 291 g/mol. The number of hydrogen-bond acceptors (Lipinski definition) is 3. The molecular weight excluding hydrogens is 270 g/mol. The van der Waals surface area contributed by atoms with Crippen LogP contribution in [0, 0.1) is 0 Å². The Morgan fingerprint density at radius 3 is 3.00 bits per heavy atom. The van der Waals surface area contributed by atoms with E-state index in [1.807, 2.05) is 12.5 Å². The molecule has 2 N–H and O–H groups in total. The van der Waals surface area contributed by atoms with Gasteiger partial charge in [0.2, 0.25) is 0 Å². The number of thiophene rings is 1. The average Bonchev–Trinajstić information content (AvgIpc) is 3.14. The summed E-state index contributed by atoms with van der Waals surface area (Å²) in [5.74, 6) is 0.868. The van der Waals surface area contributed by atoms with E-state index in [-0.39, 0.29) is 0 Å². The van der Waals surface area contributed by atoms with Gasteiger partial charge in [0.15, 0.2) is 5.96 Å². The van der Waals surface area contributed by atoms with Crippen LogP contribution in [0.15, 0.2) is 41.2 Å². The normalized spacial score (nSPS) is 11.6. The summed E-state index contributed by atoms with van der Waals surface area (Å²) >= 11 is 1.79. The van der Waals surface area contributed by atoms with Crippen LogP contribution >= 0.6 is 11.3 Å². The van der Waals surface area contributed by atoms with Crippen LogP contribution in [0.1, 0.15) is 11.3 Å². The topological polar surface area (TPSA) is 54.2 Å². The van der Waals surface area contributed by atoms with Gasteiger partial charge in [0.1, 0.15) is 0 Å². The molecule has 0 saturated carbocycles. The highest BCUT2D eigenvalue weighted by atomic mass is 32.1. The maximum atomic E-state index is 4.22. The van der Waals surface area contributed by atoms with E-state index in [0.717, 1.165) is 38.4 Å². The Balaban J connectivity index is 1.58. The maximum Gasteiger partial charge on any atom is 0.190 e. The molecule has 2 heterocycles. The Bertz CT molecular complexity index is 490. The molecule has 20 heavy (non-hydrogen) atoms. The van der Waals surface area contributed by atoms with Crippen LogP contribution in [0.5, 0.6) is 0 Å². The van der Waals surface area contributed by atoms with Crippen molar-refractivity contribution in [3.63, 3.8) is 0 Å². The molecule has 5 nitrogen and oxygen atoms in total. The lowest BCUT2D eigenvalue weighted by Gasteiger charge is -2.11. The van der Waals surface area contributed by atoms with Gasteiger partial charge in [-0.2, -0.15) is 0 Å². The number of hydrogen-bond donors (Lipinski definition) is 2. The van der Waals surface area contributed by atoms with Gasteiger partial charge < -0.3 is 15.2 Å². The molecule has 0 bridgehead atoms. The molecule has 0 aliphatic carbocycles. The van der Waals surface area contributed by atoms with Crippen molar-refractivity contribution >= 4 is 17.3 Å². The zero-order valence-corrected chi connectivity index (χ0v) is 12.6. The molecule has 0 atom stereocenters. The SMILES string of the molecule is CN=C(NCCCn1ccnc1)NCCc1cccs1. The molecule has 0 unspecified atom stereocenters. The molecule has 2 aromatic heterocycles. The predicted octanol–water partition coefficient (Wildman–Crippen LogP) is 1.74. The smallest absolute Gasteiger partial charge is 0.190 e. The van der Waals surface area contributed by atoms with Crippen molar-refractivity contribution in [1.82, 2.24) is 20.2 Å². The highest BCUT2D eigenvalue weighted by Crippen LogP contribution is 2.07. The fraction of sp³-hybridized carbons (Fsp3) is 0.429. The zero-order valence-electron chi connectivity index (χ0n) is 11.7. The molecule has 0 spiro atoms. The van der Waals surface area contributed by atoms with E-state index in [1.165, 1.54) is 4.88 Å². The molecule has 0 radical (unpaired) electrons. The number of aromatic nitrogens is 2. The minimum Gasteiger partial charge on any atom is -0.356 e. The standard InChI is InChI=1S/C14H21N5S/c1-15-14(18-7-5-13-4-2-11-20-13)17-6-3-9-19-10-8-16-12-19/h2,4,8,10-12H,3,5-7,9H2,1H3,(H2,15,17,18). The molecule has 0 aromatic carbocycles. The van der Waals surface area contributed by atoms with Crippen LogP contribution < -0.4 is 10.6 Å². The first-order chi connectivity index (χ1) is 9.88. The lowest BCUT2D eigenvalue weighted by atomic mass is 10.3. The second-order valence-corrected chi connectivity index (χ2v) is 5.44. The van der Waals surface area contributed by atoms with Crippen LogP contribution in [0.2, 0.25) is 0 Å². The van der Waals surface area contributed by atoms with Crippen molar-refractivity contribution in [2.75, 3.05) is 20.1 Å². The third-order valence-electron chi connectivity index (χ3n) is 2.91. The number of guanidine groups is 1. The van der Waals surface area contributed by atoms with E-state index >= 15 is 0 Å². The molecule has 108 valence electrons. The molecule has 0 fully saturated rings. The third kappa shape index (κ3) is 5.05. The largest absolute Gasteiger partial charge is 0.356 e. The molecule has 0 aliphatic rings. The van der Waals surface area contributed by atoms with E-state index in [4.69, 9.17) is 0 Å². The highest BCUT2D eigenvalue weighted by Gasteiger charge is 1.98. The van der Waals surface area contributed by atoms with Gasteiger partial charge in [-0.3, -0.25) is 4.99 Å². The molecule has 0 aliphatic heterocycles. The summed E-state index contributed by atoms with van der Waals surface area (Å²) in [5, 5.41) is 8.76. The molecular formula is C14H21N5S. The summed E-state index contributed by atoms with van der Waals surface area (Å²) in [7, 11) is 1.80. The van der Waals surface area contributed by atoms with Gasteiger partial charge in [-0.1, -0.05) is 6.07 Å². The lowest BCUT2D eigenvalue weighted by molar-refractivity contribution is 0.624. The van der Waals surface area contributed by atoms with Crippen molar-refractivity contribution in [2.45, 2.75) is 19.4 Å². The van der Waals surface area contributed by atoms with E-state index in [2.05, 4.69) is 42.7 Å². The third-order valence-corrected chi connectivity index (χ3v) is 3.85. The van der Waals surface area contributed by atoms with E-state index in [1.54, 1.807) is 24.6 Å². The minimum absolute atomic E-state index is 0.868. The number of aliphatic imine (C=N–C) groups is 1. The Kier molecular flexibility index (Phi) is 6.10. The second kappa shape index (κ2) is 8.37. The summed E-state index contributed by atoms with van der Waals surface area (Å²) in [5.41, 5.74) is 0. The van der Waals surface area contributed by atoms with Crippen molar-refractivity contribution in [3.8, 4) is 0 Å². The number of nitrogens with zero attached hydrogens (tertiary/aromatic N) is 3. The molecule has 0 amide bonds. The van der Waals surface area contributed by atoms with Crippen LogP contribution in [-0.2, 0) is 13.0 Å². The van der Waals surface area contributed by atoms with Gasteiger partial charge in [0.25, 0.3) is 0 Å². The van der Waals surface area contributed by atoms with E-state index < -0.39 is 0 Å². The Morgan fingerprint density at radius 2 is 2.30 bits per heavy atom. The van der Waals surface area contributed by atoms with Gasteiger partial charge in [0, 0.05) is 44.0 Å².